The maximum absolute atomic E-state index is 13.2. The number of anilines is 2. The zero-order chi connectivity index (χ0) is 27.6. The van der Waals surface area contributed by atoms with Crippen molar-refractivity contribution >= 4 is 78.8 Å². The predicted molar refractivity (Wildman–Crippen MR) is 165 cm³/mol. The summed E-state index contributed by atoms with van der Waals surface area (Å²) < 4.78 is 1.85. The van der Waals surface area contributed by atoms with Gasteiger partial charge in [0, 0.05) is 30.8 Å². The summed E-state index contributed by atoms with van der Waals surface area (Å²) in [5.41, 5.74) is 2.59. The highest BCUT2D eigenvalue weighted by molar-refractivity contribution is 9.10. The van der Waals surface area contributed by atoms with Gasteiger partial charge in [-0.1, -0.05) is 62.2 Å². The van der Waals surface area contributed by atoms with Crippen molar-refractivity contribution in [2.75, 3.05) is 16.4 Å². The number of nitrogens with one attached hydrogen (secondary N) is 3. The van der Waals surface area contributed by atoms with Gasteiger partial charge in [0.1, 0.15) is 5.70 Å². The van der Waals surface area contributed by atoms with Crippen molar-refractivity contribution in [2.45, 2.75) is 4.90 Å². The van der Waals surface area contributed by atoms with Crippen molar-refractivity contribution in [3.05, 3.63) is 129 Å². The number of hydrogen-bond acceptors (Lipinski definition) is 4. The number of carbonyl (C=O) groups is 3. The number of benzene rings is 4. The lowest BCUT2D eigenvalue weighted by atomic mass is 10.1. The third kappa shape index (κ3) is 8.95. The summed E-state index contributed by atoms with van der Waals surface area (Å²) in [6.07, 6.45) is 1.62. The molecule has 6 nitrogen and oxygen atoms in total. The van der Waals surface area contributed by atoms with E-state index in [4.69, 9.17) is 0 Å². The highest BCUT2D eigenvalue weighted by Gasteiger charge is 2.15. The smallest absolute Gasteiger partial charge is 0.272 e. The maximum atomic E-state index is 13.2. The van der Waals surface area contributed by atoms with Crippen LogP contribution in [-0.2, 0) is 9.59 Å². The van der Waals surface area contributed by atoms with Crippen molar-refractivity contribution < 1.29 is 14.4 Å². The maximum Gasteiger partial charge on any atom is 0.272 e. The third-order valence-corrected chi connectivity index (χ3v) is 7.39. The van der Waals surface area contributed by atoms with Crippen molar-refractivity contribution in [3.8, 4) is 0 Å². The number of hydrogen-bond donors (Lipinski definition) is 3. The number of halogens is 2. The molecular weight excluding hydrogens is 642 g/mol. The van der Waals surface area contributed by atoms with Gasteiger partial charge >= 0.3 is 0 Å². The topological polar surface area (TPSA) is 87.3 Å². The van der Waals surface area contributed by atoms with Gasteiger partial charge in [-0.05, 0) is 84.4 Å². The van der Waals surface area contributed by atoms with Gasteiger partial charge in [-0.15, -0.1) is 11.8 Å². The van der Waals surface area contributed by atoms with Gasteiger partial charge in [0.05, 0.1) is 5.75 Å². The van der Waals surface area contributed by atoms with E-state index in [0.29, 0.717) is 11.3 Å². The molecule has 0 aliphatic heterocycles. The second-order valence-electron chi connectivity index (χ2n) is 8.25. The second kappa shape index (κ2) is 13.9. The summed E-state index contributed by atoms with van der Waals surface area (Å²) in [5, 5.41) is 8.43. The van der Waals surface area contributed by atoms with E-state index in [1.807, 2.05) is 66.7 Å². The van der Waals surface area contributed by atoms with E-state index in [-0.39, 0.29) is 23.3 Å². The molecule has 3 N–H and O–H groups in total. The highest BCUT2D eigenvalue weighted by atomic mass is 79.9. The first-order valence-electron chi connectivity index (χ1n) is 11.8. The van der Waals surface area contributed by atoms with Crippen LogP contribution in [0.4, 0.5) is 11.4 Å². The zero-order valence-corrected chi connectivity index (χ0v) is 24.5. The van der Waals surface area contributed by atoms with Crippen LogP contribution < -0.4 is 16.0 Å². The Hall–Kier alpha value is -3.66. The average molecular weight is 665 g/mol. The second-order valence-corrected chi connectivity index (χ2v) is 11.1. The van der Waals surface area contributed by atoms with E-state index in [1.165, 1.54) is 11.8 Å². The lowest BCUT2D eigenvalue weighted by Gasteiger charge is -2.12. The lowest BCUT2D eigenvalue weighted by Crippen LogP contribution is -2.30. The van der Waals surface area contributed by atoms with Crippen molar-refractivity contribution in [1.29, 1.82) is 0 Å². The van der Waals surface area contributed by atoms with Crippen LogP contribution in [0, 0.1) is 0 Å². The van der Waals surface area contributed by atoms with Crippen LogP contribution in [0.2, 0.25) is 0 Å². The molecular formula is C30H23Br2N3O3S. The number of rotatable bonds is 9. The van der Waals surface area contributed by atoms with Crippen LogP contribution in [0.5, 0.6) is 0 Å². The molecule has 0 radical (unpaired) electrons. The Bertz CT molecular complexity index is 1480. The minimum absolute atomic E-state index is 0.106. The molecule has 0 aromatic heterocycles. The standard InChI is InChI=1S/C30H23Br2N3O3S/c31-22-8-6-20(7-9-22)18-27(35-29(37)21-4-2-1-3-5-21)30(38)34-25-14-16-26(17-15-25)39-19-28(36)33-24-12-10-23(32)11-13-24/h1-18H,19H2,(H,33,36)(H,34,38)(H,35,37)/b27-18-. The third-order valence-electron chi connectivity index (χ3n) is 5.32. The Labute approximate surface area is 247 Å². The van der Waals surface area contributed by atoms with Crippen LogP contribution in [-0.4, -0.2) is 23.5 Å². The first-order chi connectivity index (χ1) is 18.9. The summed E-state index contributed by atoms with van der Waals surface area (Å²) in [4.78, 5) is 39.1. The van der Waals surface area contributed by atoms with E-state index in [2.05, 4.69) is 47.8 Å². The molecule has 0 aliphatic carbocycles. The largest absolute Gasteiger partial charge is 0.325 e. The van der Waals surface area contributed by atoms with Crippen LogP contribution >= 0.6 is 43.6 Å². The van der Waals surface area contributed by atoms with E-state index in [9.17, 15) is 14.4 Å². The molecule has 0 atom stereocenters. The molecule has 4 aromatic rings. The average Bonchev–Trinajstić information content (AvgIpc) is 2.95. The molecule has 0 saturated heterocycles. The van der Waals surface area contributed by atoms with Gasteiger partial charge < -0.3 is 16.0 Å². The molecule has 0 saturated carbocycles. The van der Waals surface area contributed by atoms with Crippen LogP contribution in [0.15, 0.2) is 123 Å². The quantitative estimate of drug-likeness (QED) is 0.129. The fourth-order valence-electron chi connectivity index (χ4n) is 3.38. The summed E-state index contributed by atoms with van der Waals surface area (Å²) in [7, 11) is 0. The van der Waals surface area contributed by atoms with Crippen molar-refractivity contribution in [3.63, 3.8) is 0 Å². The van der Waals surface area contributed by atoms with Crippen molar-refractivity contribution in [1.82, 2.24) is 5.32 Å². The Morgan fingerprint density at radius 1 is 0.692 bits per heavy atom. The van der Waals surface area contributed by atoms with Crippen LogP contribution in [0.3, 0.4) is 0 Å². The molecule has 0 spiro atoms. The molecule has 0 aliphatic rings. The van der Waals surface area contributed by atoms with Gasteiger partial charge in [-0.25, -0.2) is 0 Å². The van der Waals surface area contributed by atoms with Gasteiger partial charge in [-0.2, -0.15) is 0 Å². The fraction of sp³-hybridized carbons (Fsp3) is 0.0333. The number of carbonyl (C=O) groups excluding carboxylic acids is 3. The van der Waals surface area contributed by atoms with Crippen LogP contribution in [0.1, 0.15) is 15.9 Å². The summed E-state index contributed by atoms with van der Waals surface area (Å²) in [6, 6.07) is 30.6. The van der Waals surface area contributed by atoms with Gasteiger partial charge in [-0.3, -0.25) is 14.4 Å². The summed E-state index contributed by atoms with van der Waals surface area (Å²) >= 11 is 8.16. The number of thioether (sulfide) groups is 1. The minimum Gasteiger partial charge on any atom is -0.325 e. The molecule has 3 amide bonds. The van der Waals surface area contributed by atoms with Gasteiger partial charge in [0.25, 0.3) is 11.8 Å². The Kier molecular flexibility index (Phi) is 10.1. The molecule has 0 bridgehead atoms. The molecule has 4 rings (SSSR count). The predicted octanol–water partition coefficient (Wildman–Crippen LogP) is 7.35. The molecule has 0 fully saturated rings. The van der Waals surface area contributed by atoms with E-state index in [0.717, 1.165) is 25.1 Å². The lowest BCUT2D eigenvalue weighted by molar-refractivity contribution is -0.114. The van der Waals surface area contributed by atoms with Gasteiger partial charge in [0.15, 0.2) is 0 Å². The highest BCUT2D eigenvalue weighted by Crippen LogP contribution is 2.22. The molecule has 9 heteroatoms. The minimum atomic E-state index is -0.462. The fourth-order valence-corrected chi connectivity index (χ4v) is 4.61. The van der Waals surface area contributed by atoms with Gasteiger partial charge in [0.2, 0.25) is 5.91 Å². The summed E-state index contributed by atoms with van der Waals surface area (Å²) in [5.74, 6) is -0.719. The van der Waals surface area contributed by atoms with Crippen LogP contribution in [0.25, 0.3) is 6.08 Å². The first-order valence-corrected chi connectivity index (χ1v) is 14.4. The number of amides is 3. The first kappa shape index (κ1) is 28.4. The van der Waals surface area contributed by atoms with E-state index >= 15 is 0 Å². The molecule has 4 aromatic carbocycles. The Morgan fingerprint density at radius 3 is 1.90 bits per heavy atom. The molecule has 39 heavy (non-hydrogen) atoms. The molecule has 0 unspecified atom stereocenters. The van der Waals surface area contributed by atoms with E-state index < -0.39 is 5.91 Å². The van der Waals surface area contributed by atoms with Crippen molar-refractivity contribution in [2.24, 2.45) is 0 Å². The summed E-state index contributed by atoms with van der Waals surface area (Å²) in [6.45, 7) is 0. The SMILES string of the molecule is O=C(CSc1ccc(NC(=O)/C(=C/c2ccc(Br)cc2)NC(=O)c2ccccc2)cc1)Nc1ccc(Br)cc1. The van der Waals surface area contributed by atoms with E-state index in [1.54, 1.807) is 42.5 Å². The molecule has 0 heterocycles. The Balaban J connectivity index is 1.39. The normalized spacial score (nSPS) is 11.0. The Morgan fingerprint density at radius 2 is 1.26 bits per heavy atom. The monoisotopic (exact) mass is 663 g/mol. The zero-order valence-electron chi connectivity index (χ0n) is 20.5. The molecule has 196 valence electrons.